The first-order chi connectivity index (χ1) is 12.6. The lowest BCUT2D eigenvalue weighted by molar-refractivity contribution is -0.0709. The Kier molecular flexibility index (Phi) is 8.73. The van der Waals surface area contributed by atoms with Gasteiger partial charge in [-0.15, -0.1) is 0 Å². The molecule has 0 saturated carbocycles. The zero-order valence-electron chi connectivity index (χ0n) is 15.8. The van der Waals surface area contributed by atoms with Gasteiger partial charge in [-0.2, -0.15) is 13.5 Å². The zero-order chi connectivity index (χ0) is 18.4. The molecule has 0 aliphatic carbocycles. The molecule has 2 unspecified atom stereocenters. The maximum atomic E-state index is 13.0. The Labute approximate surface area is 167 Å². The smallest absolute Gasteiger partial charge is 0.170 e. The third-order valence-electron chi connectivity index (χ3n) is 4.47. The molecule has 1 heterocycles. The summed E-state index contributed by atoms with van der Waals surface area (Å²) in [5, 5.41) is 3.35. The highest BCUT2D eigenvalue weighted by atomic mass is 32.1. The van der Waals surface area contributed by atoms with E-state index in [2.05, 4.69) is 36.5 Å². The van der Waals surface area contributed by atoms with Gasteiger partial charge in [0, 0.05) is 12.6 Å². The van der Waals surface area contributed by atoms with Gasteiger partial charge in [-0.25, -0.2) is 4.39 Å². The highest BCUT2D eigenvalue weighted by Gasteiger charge is 2.26. The highest BCUT2D eigenvalue weighted by Crippen LogP contribution is 2.16. The largest absolute Gasteiger partial charge is 0.374 e. The van der Waals surface area contributed by atoms with Crippen molar-refractivity contribution in [3.05, 3.63) is 71.0 Å². The zero-order valence-corrected chi connectivity index (χ0v) is 16.8. The van der Waals surface area contributed by atoms with E-state index in [1.165, 1.54) is 17.7 Å². The minimum atomic E-state index is -0.286. The van der Waals surface area contributed by atoms with Crippen molar-refractivity contribution in [1.82, 2.24) is 5.32 Å². The van der Waals surface area contributed by atoms with Crippen LogP contribution in [0.5, 0.6) is 0 Å². The second kappa shape index (κ2) is 10.8. The van der Waals surface area contributed by atoms with Crippen molar-refractivity contribution < 1.29 is 18.6 Å². The van der Waals surface area contributed by atoms with Crippen molar-refractivity contribution in [3.8, 4) is 0 Å². The molecular formula is C21H28FNO3S. The molecule has 2 aromatic rings. The maximum absolute atomic E-state index is 13.0. The Morgan fingerprint density at radius 1 is 1.15 bits per heavy atom. The van der Waals surface area contributed by atoms with E-state index in [0.29, 0.717) is 26.4 Å². The van der Waals surface area contributed by atoms with E-state index in [0.717, 1.165) is 11.1 Å². The fourth-order valence-electron chi connectivity index (χ4n) is 2.84. The van der Waals surface area contributed by atoms with Gasteiger partial charge in [-0.1, -0.05) is 42.0 Å². The van der Waals surface area contributed by atoms with Crippen LogP contribution in [0.2, 0.25) is 0 Å². The molecule has 0 amide bonds. The summed E-state index contributed by atoms with van der Waals surface area (Å²) in [6, 6.07) is 14.9. The standard InChI is InChI=1S/C21H26FNO3.H2S/c1-15-3-5-17(6-4-15)12-24-13-20-14-25-21(26-20)11-23-16(2)18-7-9-19(22)10-8-18;/h3-10,16,20-21,23H,11-14H2,1-2H3;1H2/t16-,20?,21?;/m0./s1. The first kappa shape index (κ1) is 21.9. The Morgan fingerprint density at radius 2 is 1.85 bits per heavy atom. The van der Waals surface area contributed by atoms with E-state index in [4.69, 9.17) is 14.2 Å². The van der Waals surface area contributed by atoms with Gasteiger partial charge < -0.3 is 19.5 Å². The molecule has 1 aliphatic heterocycles. The molecule has 6 heteroatoms. The fourth-order valence-corrected chi connectivity index (χ4v) is 2.84. The summed E-state index contributed by atoms with van der Waals surface area (Å²) in [6.45, 7) is 6.30. The van der Waals surface area contributed by atoms with Gasteiger partial charge in [-0.3, -0.25) is 0 Å². The fraction of sp³-hybridized carbons (Fsp3) is 0.429. The van der Waals surface area contributed by atoms with Crippen LogP contribution in [0, 0.1) is 12.7 Å². The monoisotopic (exact) mass is 393 g/mol. The number of nitrogens with one attached hydrogen (secondary N) is 1. The first-order valence-corrected chi connectivity index (χ1v) is 8.99. The van der Waals surface area contributed by atoms with Crippen LogP contribution in [0.3, 0.4) is 0 Å². The van der Waals surface area contributed by atoms with Crippen molar-refractivity contribution in [1.29, 1.82) is 0 Å². The maximum Gasteiger partial charge on any atom is 0.170 e. The number of hydrogen-bond acceptors (Lipinski definition) is 4. The molecular weight excluding hydrogens is 365 g/mol. The van der Waals surface area contributed by atoms with Gasteiger partial charge in [0.15, 0.2) is 6.29 Å². The van der Waals surface area contributed by atoms with Gasteiger partial charge in [0.25, 0.3) is 0 Å². The first-order valence-electron chi connectivity index (χ1n) is 8.99. The summed E-state index contributed by atoms with van der Waals surface area (Å²) in [7, 11) is 0. The number of halogens is 1. The average molecular weight is 394 g/mol. The molecule has 3 rings (SSSR count). The van der Waals surface area contributed by atoms with Crippen molar-refractivity contribution in [2.24, 2.45) is 0 Å². The molecule has 148 valence electrons. The summed E-state index contributed by atoms with van der Waals surface area (Å²) in [6.07, 6.45) is -0.334. The Morgan fingerprint density at radius 3 is 2.56 bits per heavy atom. The van der Waals surface area contributed by atoms with Crippen LogP contribution in [0.1, 0.15) is 29.7 Å². The van der Waals surface area contributed by atoms with Gasteiger partial charge in [-0.05, 0) is 37.1 Å². The van der Waals surface area contributed by atoms with E-state index in [9.17, 15) is 4.39 Å². The number of benzene rings is 2. The van der Waals surface area contributed by atoms with Crippen molar-refractivity contribution in [2.45, 2.75) is 38.9 Å². The van der Waals surface area contributed by atoms with Crippen LogP contribution in [0.4, 0.5) is 4.39 Å². The van der Waals surface area contributed by atoms with Crippen molar-refractivity contribution in [2.75, 3.05) is 19.8 Å². The molecule has 4 nitrogen and oxygen atoms in total. The Bertz CT molecular complexity index is 681. The van der Waals surface area contributed by atoms with Crippen LogP contribution >= 0.6 is 13.5 Å². The second-order valence-electron chi connectivity index (χ2n) is 6.70. The molecule has 1 aliphatic rings. The molecule has 3 atom stereocenters. The molecule has 0 radical (unpaired) electrons. The lowest BCUT2D eigenvalue weighted by Crippen LogP contribution is -2.30. The summed E-state index contributed by atoms with van der Waals surface area (Å²) < 4.78 is 30.2. The molecule has 2 aromatic carbocycles. The lowest BCUT2D eigenvalue weighted by Gasteiger charge is -2.17. The van der Waals surface area contributed by atoms with E-state index in [1.807, 2.05) is 6.92 Å². The van der Waals surface area contributed by atoms with Gasteiger partial charge in [0.05, 0.1) is 19.8 Å². The second-order valence-corrected chi connectivity index (χ2v) is 6.70. The van der Waals surface area contributed by atoms with Crippen LogP contribution in [-0.2, 0) is 20.8 Å². The SMILES string of the molecule is Cc1ccc(COCC2COC(CN[C@@H](C)c3ccc(F)cc3)O2)cc1.S. The van der Waals surface area contributed by atoms with Gasteiger partial charge in [0.2, 0.25) is 0 Å². The normalized spacial score (nSPS) is 20.3. The number of ether oxygens (including phenoxy) is 3. The van der Waals surface area contributed by atoms with Crippen LogP contribution in [0.15, 0.2) is 48.5 Å². The van der Waals surface area contributed by atoms with E-state index >= 15 is 0 Å². The Hall–Kier alpha value is -1.44. The van der Waals surface area contributed by atoms with Crippen LogP contribution in [-0.4, -0.2) is 32.2 Å². The number of hydrogen-bond donors (Lipinski definition) is 1. The quantitative estimate of drug-likeness (QED) is 0.739. The van der Waals surface area contributed by atoms with Crippen LogP contribution in [0.25, 0.3) is 0 Å². The topological polar surface area (TPSA) is 39.7 Å². The lowest BCUT2D eigenvalue weighted by atomic mass is 10.1. The molecule has 1 fully saturated rings. The predicted octanol–water partition coefficient (Wildman–Crippen LogP) is 3.86. The van der Waals surface area contributed by atoms with Crippen molar-refractivity contribution >= 4 is 13.5 Å². The van der Waals surface area contributed by atoms with Crippen molar-refractivity contribution in [3.63, 3.8) is 0 Å². The molecule has 1 saturated heterocycles. The summed E-state index contributed by atoms with van der Waals surface area (Å²) in [5.41, 5.74) is 3.43. The van der Waals surface area contributed by atoms with E-state index in [1.54, 1.807) is 12.1 Å². The predicted molar refractivity (Wildman–Crippen MR) is 109 cm³/mol. The highest BCUT2D eigenvalue weighted by molar-refractivity contribution is 7.59. The molecule has 27 heavy (non-hydrogen) atoms. The third kappa shape index (κ3) is 6.90. The molecule has 0 bridgehead atoms. The Balaban J connectivity index is 0.00000261. The molecule has 1 N–H and O–H groups in total. The minimum absolute atomic E-state index is 0. The van der Waals surface area contributed by atoms with E-state index in [-0.39, 0.29) is 37.7 Å². The van der Waals surface area contributed by atoms with Gasteiger partial charge in [0.1, 0.15) is 11.9 Å². The average Bonchev–Trinajstić information content (AvgIpc) is 3.10. The summed E-state index contributed by atoms with van der Waals surface area (Å²) >= 11 is 0. The van der Waals surface area contributed by atoms with Crippen LogP contribution < -0.4 is 5.32 Å². The summed E-state index contributed by atoms with van der Waals surface area (Å²) in [5.74, 6) is -0.225. The van der Waals surface area contributed by atoms with Gasteiger partial charge >= 0.3 is 0 Å². The third-order valence-corrected chi connectivity index (χ3v) is 4.47. The molecule has 0 aromatic heterocycles. The number of aryl methyl sites for hydroxylation is 1. The number of rotatable bonds is 8. The minimum Gasteiger partial charge on any atom is -0.374 e. The molecule has 0 spiro atoms. The summed E-state index contributed by atoms with van der Waals surface area (Å²) in [4.78, 5) is 0. The van der Waals surface area contributed by atoms with E-state index < -0.39 is 0 Å².